The highest BCUT2D eigenvalue weighted by atomic mass is 32.2. The van der Waals surface area contributed by atoms with E-state index in [-0.39, 0.29) is 5.91 Å². The maximum Gasteiger partial charge on any atom is 0.276 e. The zero-order valence-electron chi connectivity index (χ0n) is 15.5. The zero-order chi connectivity index (χ0) is 19.2. The smallest absolute Gasteiger partial charge is 0.276 e. The van der Waals surface area contributed by atoms with Crippen molar-refractivity contribution in [3.8, 4) is 17.2 Å². The van der Waals surface area contributed by atoms with Gasteiger partial charge in [0, 0.05) is 23.4 Å². The molecule has 0 fully saturated rings. The van der Waals surface area contributed by atoms with Gasteiger partial charge in [-0.15, -0.1) is 10.2 Å². The number of nitrogens with zero attached hydrogens (tertiary/aromatic N) is 2. The molecule has 0 unspecified atom stereocenters. The van der Waals surface area contributed by atoms with E-state index in [0.29, 0.717) is 23.3 Å². The van der Waals surface area contributed by atoms with Crippen molar-refractivity contribution in [3.63, 3.8) is 0 Å². The molecule has 0 aliphatic rings. The van der Waals surface area contributed by atoms with Crippen LogP contribution in [0.5, 0.6) is 5.75 Å². The maximum atomic E-state index is 12.0. The largest absolute Gasteiger partial charge is 0.497 e. The van der Waals surface area contributed by atoms with Gasteiger partial charge in [0.25, 0.3) is 5.22 Å². The number of hydrogen-bond acceptors (Lipinski definition) is 6. The molecule has 1 N–H and O–H groups in total. The molecule has 3 aromatic rings. The first-order chi connectivity index (χ1) is 13.0. The number of aryl methyl sites for hydroxylation is 2. The molecule has 0 saturated carbocycles. The van der Waals surface area contributed by atoms with Gasteiger partial charge in [0.05, 0.1) is 7.11 Å². The number of aromatic nitrogens is 2. The normalized spacial score (nSPS) is 10.6. The summed E-state index contributed by atoms with van der Waals surface area (Å²) in [5.41, 5.74) is 3.94. The van der Waals surface area contributed by atoms with Crippen LogP contribution in [0, 0.1) is 13.8 Å². The van der Waals surface area contributed by atoms with Crippen LogP contribution in [0.25, 0.3) is 11.5 Å². The van der Waals surface area contributed by atoms with Crippen molar-refractivity contribution < 1.29 is 13.9 Å². The molecule has 1 amide bonds. The number of anilines is 1. The van der Waals surface area contributed by atoms with Gasteiger partial charge in [0.1, 0.15) is 5.75 Å². The van der Waals surface area contributed by atoms with Crippen LogP contribution in [0.15, 0.2) is 52.1 Å². The summed E-state index contributed by atoms with van der Waals surface area (Å²) in [4.78, 5) is 12.0. The van der Waals surface area contributed by atoms with Gasteiger partial charge in [-0.3, -0.25) is 4.79 Å². The summed E-state index contributed by atoms with van der Waals surface area (Å²) >= 11 is 1.37. The Labute approximate surface area is 162 Å². The van der Waals surface area contributed by atoms with Gasteiger partial charge in [0.2, 0.25) is 11.8 Å². The predicted octanol–water partition coefficient (Wildman–Crippen LogP) is 4.48. The Kier molecular flexibility index (Phi) is 6.13. The lowest BCUT2D eigenvalue weighted by Crippen LogP contribution is -2.12. The molecule has 0 aliphatic carbocycles. The molecule has 0 bridgehead atoms. The van der Waals surface area contributed by atoms with E-state index in [1.807, 2.05) is 26.0 Å². The van der Waals surface area contributed by atoms with Crippen molar-refractivity contribution in [2.75, 3.05) is 18.2 Å². The Bertz CT molecular complexity index is 902. The molecular formula is C20H21N3O3S. The summed E-state index contributed by atoms with van der Waals surface area (Å²) in [7, 11) is 1.61. The van der Waals surface area contributed by atoms with Crippen LogP contribution in [0.4, 0.5) is 5.69 Å². The SMILES string of the molecule is COc1ccc(NC(=O)CCSc2nnc(-c3cc(C)cc(C)c3)o2)cc1. The van der Waals surface area contributed by atoms with Gasteiger partial charge >= 0.3 is 0 Å². The summed E-state index contributed by atoms with van der Waals surface area (Å²) in [6, 6.07) is 13.3. The minimum absolute atomic E-state index is 0.0679. The fourth-order valence-corrected chi connectivity index (χ4v) is 3.31. The van der Waals surface area contributed by atoms with Crippen molar-refractivity contribution in [2.45, 2.75) is 25.5 Å². The van der Waals surface area contributed by atoms with E-state index in [0.717, 1.165) is 28.1 Å². The van der Waals surface area contributed by atoms with Crippen molar-refractivity contribution in [1.82, 2.24) is 10.2 Å². The summed E-state index contributed by atoms with van der Waals surface area (Å²) in [6.07, 6.45) is 0.345. The minimum atomic E-state index is -0.0679. The van der Waals surface area contributed by atoms with Crippen LogP contribution >= 0.6 is 11.8 Å². The first kappa shape index (κ1) is 19.0. The second kappa shape index (κ2) is 8.73. The highest BCUT2D eigenvalue weighted by Gasteiger charge is 2.11. The number of benzene rings is 2. The Morgan fingerprint density at radius 3 is 2.48 bits per heavy atom. The second-order valence-corrected chi connectivity index (χ2v) is 7.17. The maximum absolute atomic E-state index is 12.0. The van der Waals surface area contributed by atoms with E-state index in [1.54, 1.807) is 31.4 Å². The second-order valence-electron chi connectivity index (χ2n) is 6.12. The average Bonchev–Trinajstić information content (AvgIpc) is 3.10. The van der Waals surface area contributed by atoms with Crippen molar-refractivity contribution in [3.05, 3.63) is 53.6 Å². The van der Waals surface area contributed by atoms with Crippen LogP contribution in [0.1, 0.15) is 17.5 Å². The summed E-state index contributed by atoms with van der Waals surface area (Å²) in [5, 5.41) is 11.5. The molecular weight excluding hydrogens is 362 g/mol. The summed E-state index contributed by atoms with van der Waals surface area (Å²) in [5.74, 6) is 1.73. The number of carbonyl (C=O) groups excluding carboxylic acids is 1. The highest BCUT2D eigenvalue weighted by molar-refractivity contribution is 7.99. The van der Waals surface area contributed by atoms with Gasteiger partial charge in [-0.25, -0.2) is 0 Å². The Balaban J connectivity index is 1.50. The van der Waals surface area contributed by atoms with Gasteiger partial charge < -0.3 is 14.5 Å². The number of amides is 1. The van der Waals surface area contributed by atoms with E-state index in [2.05, 4.69) is 21.6 Å². The van der Waals surface area contributed by atoms with Crippen LogP contribution in [-0.4, -0.2) is 29.0 Å². The number of hydrogen-bond donors (Lipinski definition) is 1. The molecule has 0 saturated heterocycles. The number of rotatable bonds is 7. The first-order valence-electron chi connectivity index (χ1n) is 8.52. The number of carbonyl (C=O) groups is 1. The quantitative estimate of drug-likeness (QED) is 0.606. The molecule has 2 aromatic carbocycles. The van der Waals surface area contributed by atoms with Crippen molar-refractivity contribution in [2.24, 2.45) is 0 Å². The lowest BCUT2D eigenvalue weighted by atomic mass is 10.1. The highest BCUT2D eigenvalue weighted by Crippen LogP contribution is 2.25. The fraction of sp³-hybridized carbons (Fsp3) is 0.250. The monoisotopic (exact) mass is 383 g/mol. The third-order valence-corrected chi connectivity index (χ3v) is 4.62. The first-order valence-corrected chi connectivity index (χ1v) is 9.51. The van der Waals surface area contributed by atoms with Crippen molar-refractivity contribution >= 4 is 23.4 Å². The van der Waals surface area contributed by atoms with E-state index < -0.39 is 0 Å². The summed E-state index contributed by atoms with van der Waals surface area (Å²) < 4.78 is 10.8. The molecule has 0 spiro atoms. The topological polar surface area (TPSA) is 77.2 Å². The van der Waals surface area contributed by atoms with E-state index in [9.17, 15) is 4.79 Å². The molecule has 0 aliphatic heterocycles. The lowest BCUT2D eigenvalue weighted by molar-refractivity contribution is -0.115. The van der Waals surface area contributed by atoms with Gasteiger partial charge in [-0.05, 0) is 50.2 Å². The molecule has 3 rings (SSSR count). The average molecular weight is 383 g/mol. The number of nitrogens with one attached hydrogen (secondary N) is 1. The third-order valence-electron chi connectivity index (χ3n) is 3.80. The van der Waals surface area contributed by atoms with Crippen LogP contribution in [0.3, 0.4) is 0 Å². The van der Waals surface area contributed by atoms with Gasteiger partial charge in [-0.2, -0.15) is 0 Å². The minimum Gasteiger partial charge on any atom is -0.497 e. The summed E-state index contributed by atoms with van der Waals surface area (Å²) in [6.45, 7) is 4.06. The number of thioether (sulfide) groups is 1. The Hall–Kier alpha value is -2.80. The van der Waals surface area contributed by atoms with Gasteiger partial charge in [0.15, 0.2) is 0 Å². The third kappa shape index (κ3) is 5.34. The molecule has 6 nitrogen and oxygen atoms in total. The Morgan fingerprint density at radius 1 is 1.11 bits per heavy atom. The zero-order valence-corrected chi connectivity index (χ0v) is 16.3. The molecule has 140 valence electrons. The Morgan fingerprint density at radius 2 is 1.81 bits per heavy atom. The predicted molar refractivity (Wildman–Crippen MR) is 106 cm³/mol. The van der Waals surface area contributed by atoms with Crippen LogP contribution < -0.4 is 10.1 Å². The fourth-order valence-electron chi connectivity index (χ4n) is 2.61. The standard InChI is InChI=1S/C20H21N3O3S/c1-13-10-14(2)12-15(11-13)19-22-23-20(26-19)27-9-8-18(24)21-16-4-6-17(25-3)7-5-16/h4-7,10-12H,8-9H2,1-3H3,(H,21,24). The van der Waals surface area contributed by atoms with Crippen LogP contribution in [0.2, 0.25) is 0 Å². The molecule has 1 aromatic heterocycles. The molecule has 27 heavy (non-hydrogen) atoms. The number of ether oxygens (including phenoxy) is 1. The number of methoxy groups -OCH3 is 1. The van der Waals surface area contributed by atoms with Crippen LogP contribution in [-0.2, 0) is 4.79 Å². The molecule has 0 atom stereocenters. The van der Waals surface area contributed by atoms with Crippen molar-refractivity contribution in [1.29, 1.82) is 0 Å². The van der Waals surface area contributed by atoms with E-state index in [4.69, 9.17) is 9.15 Å². The molecule has 7 heteroatoms. The van der Waals surface area contributed by atoms with Gasteiger partial charge in [-0.1, -0.05) is 29.0 Å². The van der Waals surface area contributed by atoms with E-state index >= 15 is 0 Å². The van der Waals surface area contributed by atoms with E-state index in [1.165, 1.54) is 11.8 Å². The molecule has 1 heterocycles. The lowest BCUT2D eigenvalue weighted by Gasteiger charge is -2.05. The molecule has 0 radical (unpaired) electrons.